The molecule has 1 aromatic heterocycles. The molecule has 0 radical (unpaired) electrons. The summed E-state index contributed by atoms with van der Waals surface area (Å²) >= 11 is 0. The van der Waals surface area contributed by atoms with Gasteiger partial charge in [0, 0.05) is 30.3 Å². The molecule has 0 N–H and O–H groups in total. The van der Waals surface area contributed by atoms with Crippen LogP contribution in [0.2, 0.25) is 0 Å². The summed E-state index contributed by atoms with van der Waals surface area (Å²) in [4.78, 5) is 19.6. The highest BCUT2D eigenvalue weighted by Crippen LogP contribution is 2.30. The third kappa shape index (κ3) is 4.15. The molecular weight excluding hydrogens is 382 g/mol. The molecule has 0 saturated carbocycles. The van der Waals surface area contributed by atoms with E-state index in [1.165, 1.54) is 0 Å². The van der Waals surface area contributed by atoms with Gasteiger partial charge in [0.05, 0.1) is 20.1 Å². The molecule has 0 aliphatic carbocycles. The summed E-state index contributed by atoms with van der Waals surface area (Å²) in [5, 5.41) is 4.15. The largest absolute Gasteiger partial charge is 0.497 e. The number of nitrogens with zero attached hydrogens (tertiary/aromatic N) is 3. The van der Waals surface area contributed by atoms with Gasteiger partial charge < -0.3 is 18.9 Å². The van der Waals surface area contributed by atoms with E-state index in [4.69, 9.17) is 14.0 Å². The van der Waals surface area contributed by atoms with Crippen LogP contribution in [0.5, 0.6) is 11.5 Å². The highest BCUT2D eigenvalue weighted by atomic mass is 16.5. The molecule has 1 saturated heterocycles. The lowest BCUT2D eigenvalue weighted by Gasteiger charge is -2.31. The van der Waals surface area contributed by atoms with Gasteiger partial charge in [-0.1, -0.05) is 28.9 Å². The summed E-state index contributed by atoms with van der Waals surface area (Å²) in [5.41, 5.74) is 2.61. The summed E-state index contributed by atoms with van der Waals surface area (Å²) in [6.07, 6.45) is 1.78. The number of aryl methyl sites for hydroxylation is 1. The molecule has 0 spiro atoms. The Morgan fingerprint density at radius 2 is 1.90 bits per heavy atom. The molecule has 1 aliphatic rings. The second kappa shape index (κ2) is 8.57. The number of methoxy groups -OCH3 is 2. The summed E-state index contributed by atoms with van der Waals surface area (Å²) in [7, 11) is 3.14. The number of carbonyl (C=O) groups is 1. The molecule has 0 bridgehead atoms. The average Bonchev–Trinajstić information content (AvgIpc) is 3.29. The maximum atomic E-state index is 13.1. The van der Waals surface area contributed by atoms with Crippen LogP contribution in [0.25, 0.3) is 11.4 Å². The lowest BCUT2D eigenvalue weighted by Crippen LogP contribution is -2.39. The fourth-order valence-corrected chi connectivity index (χ4v) is 3.78. The van der Waals surface area contributed by atoms with Crippen LogP contribution in [0.15, 0.2) is 47.0 Å². The van der Waals surface area contributed by atoms with E-state index in [9.17, 15) is 4.79 Å². The third-order valence-electron chi connectivity index (χ3n) is 5.37. The number of hydrogen-bond donors (Lipinski definition) is 0. The van der Waals surface area contributed by atoms with Gasteiger partial charge in [-0.15, -0.1) is 0 Å². The number of carbonyl (C=O) groups excluding carboxylic acids is 1. The predicted octanol–water partition coefficient (Wildman–Crippen LogP) is 4.08. The Hall–Kier alpha value is -3.35. The van der Waals surface area contributed by atoms with Gasteiger partial charge in [0.2, 0.25) is 11.7 Å². The van der Waals surface area contributed by atoms with E-state index in [0.717, 1.165) is 24.0 Å². The zero-order chi connectivity index (χ0) is 21.1. The maximum absolute atomic E-state index is 13.1. The second-order valence-electron chi connectivity index (χ2n) is 7.52. The third-order valence-corrected chi connectivity index (χ3v) is 5.37. The number of amides is 1. The van der Waals surface area contributed by atoms with Gasteiger partial charge >= 0.3 is 0 Å². The van der Waals surface area contributed by atoms with Gasteiger partial charge in [-0.2, -0.15) is 4.98 Å². The van der Waals surface area contributed by atoms with Crippen molar-refractivity contribution in [2.75, 3.05) is 27.3 Å². The normalized spacial score (nSPS) is 16.4. The maximum Gasteiger partial charge on any atom is 0.254 e. The van der Waals surface area contributed by atoms with Crippen molar-refractivity contribution in [3.63, 3.8) is 0 Å². The molecule has 7 nitrogen and oxygen atoms in total. The number of benzene rings is 2. The Balaban J connectivity index is 1.52. The van der Waals surface area contributed by atoms with Crippen LogP contribution in [0, 0.1) is 6.92 Å². The molecule has 156 valence electrons. The minimum atomic E-state index is -0.0599. The molecule has 30 heavy (non-hydrogen) atoms. The summed E-state index contributed by atoms with van der Waals surface area (Å²) in [5.74, 6) is 2.29. The molecule has 1 atom stereocenters. The van der Waals surface area contributed by atoms with E-state index in [1.54, 1.807) is 32.4 Å². The van der Waals surface area contributed by atoms with Gasteiger partial charge in [-0.05, 0) is 38.0 Å². The monoisotopic (exact) mass is 407 g/mol. The van der Waals surface area contributed by atoms with Gasteiger partial charge in [0.1, 0.15) is 11.5 Å². The first kappa shape index (κ1) is 19.9. The van der Waals surface area contributed by atoms with E-state index in [1.807, 2.05) is 36.1 Å². The summed E-state index contributed by atoms with van der Waals surface area (Å²) in [6, 6.07) is 13.2. The van der Waals surface area contributed by atoms with Gasteiger partial charge in [-0.25, -0.2) is 0 Å². The van der Waals surface area contributed by atoms with Crippen molar-refractivity contribution >= 4 is 5.91 Å². The van der Waals surface area contributed by atoms with Crippen LogP contribution in [-0.2, 0) is 0 Å². The Morgan fingerprint density at radius 1 is 1.13 bits per heavy atom. The van der Waals surface area contributed by atoms with Crippen molar-refractivity contribution in [3.05, 3.63) is 59.5 Å². The molecule has 1 amide bonds. The second-order valence-corrected chi connectivity index (χ2v) is 7.52. The first-order valence-corrected chi connectivity index (χ1v) is 10.0. The predicted molar refractivity (Wildman–Crippen MR) is 112 cm³/mol. The van der Waals surface area contributed by atoms with Crippen LogP contribution < -0.4 is 9.47 Å². The van der Waals surface area contributed by atoms with Crippen LogP contribution in [0.1, 0.15) is 40.6 Å². The number of aromatic nitrogens is 2. The van der Waals surface area contributed by atoms with E-state index >= 15 is 0 Å². The van der Waals surface area contributed by atoms with E-state index in [-0.39, 0.29) is 11.8 Å². The Bertz CT molecular complexity index is 1020. The lowest BCUT2D eigenvalue weighted by atomic mass is 9.97. The molecule has 4 rings (SSSR count). The van der Waals surface area contributed by atoms with Crippen LogP contribution in [0.3, 0.4) is 0 Å². The Labute approximate surface area is 175 Å². The first-order chi connectivity index (χ1) is 14.6. The van der Waals surface area contributed by atoms with E-state index in [0.29, 0.717) is 41.9 Å². The van der Waals surface area contributed by atoms with Crippen molar-refractivity contribution in [2.24, 2.45) is 0 Å². The first-order valence-electron chi connectivity index (χ1n) is 10.0. The fourth-order valence-electron chi connectivity index (χ4n) is 3.78. The zero-order valence-electron chi connectivity index (χ0n) is 17.4. The number of hydrogen-bond acceptors (Lipinski definition) is 6. The number of likely N-dealkylation sites (tertiary alicyclic amines) is 1. The Morgan fingerprint density at radius 3 is 2.60 bits per heavy atom. The molecular formula is C23H25N3O4. The van der Waals surface area contributed by atoms with E-state index < -0.39 is 0 Å². The minimum Gasteiger partial charge on any atom is -0.497 e. The molecule has 1 aliphatic heterocycles. The van der Waals surface area contributed by atoms with Crippen LogP contribution >= 0.6 is 0 Å². The van der Waals surface area contributed by atoms with Crippen molar-refractivity contribution in [2.45, 2.75) is 25.7 Å². The smallest absolute Gasteiger partial charge is 0.254 e. The van der Waals surface area contributed by atoms with Gasteiger partial charge in [-0.3, -0.25) is 4.79 Å². The fraction of sp³-hybridized carbons (Fsp3) is 0.348. The van der Waals surface area contributed by atoms with Crippen LogP contribution in [-0.4, -0.2) is 48.3 Å². The Kier molecular flexibility index (Phi) is 5.70. The van der Waals surface area contributed by atoms with Gasteiger partial charge in [0.15, 0.2) is 0 Å². The topological polar surface area (TPSA) is 77.7 Å². The molecule has 2 aromatic carbocycles. The van der Waals surface area contributed by atoms with Crippen molar-refractivity contribution in [1.29, 1.82) is 0 Å². The molecule has 3 aromatic rings. The molecule has 1 fully saturated rings. The molecule has 7 heteroatoms. The van der Waals surface area contributed by atoms with E-state index in [2.05, 4.69) is 10.1 Å². The van der Waals surface area contributed by atoms with Gasteiger partial charge in [0.25, 0.3) is 5.91 Å². The summed E-state index contributed by atoms with van der Waals surface area (Å²) < 4.78 is 16.2. The minimum absolute atomic E-state index is 0.0151. The number of ether oxygens (including phenoxy) is 2. The lowest BCUT2D eigenvalue weighted by molar-refractivity contribution is 0.0695. The van der Waals surface area contributed by atoms with Crippen molar-refractivity contribution in [3.8, 4) is 22.9 Å². The SMILES string of the molecule is COc1cc(OC)cc(C(=O)N2CCC[C@@H](c3nc(-c4cccc(C)c4)no3)C2)c1. The number of rotatable bonds is 5. The van der Waals surface area contributed by atoms with Crippen molar-refractivity contribution < 1.29 is 18.8 Å². The average molecular weight is 407 g/mol. The van der Waals surface area contributed by atoms with Crippen LogP contribution in [0.4, 0.5) is 0 Å². The number of piperidine rings is 1. The molecule has 0 unspecified atom stereocenters. The highest BCUT2D eigenvalue weighted by Gasteiger charge is 2.29. The zero-order valence-corrected chi connectivity index (χ0v) is 17.4. The quantitative estimate of drug-likeness (QED) is 0.634. The highest BCUT2D eigenvalue weighted by molar-refractivity contribution is 5.95. The summed E-state index contributed by atoms with van der Waals surface area (Å²) in [6.45, 7) is 3.25. The molecule has 2 heterocycles. The standard InChI is InChI=1S/C23H25N3O4/c1-15-6-4-7-16(10-15)21-24-22(30-25-21)17-8-5-9-26(14-17)23(27)18-11-19(28-2)13-20(12-18)29-3/h4,6-7,10-13,17H,5,8-9,14H2,1-3H3/t17-/m1/s1. The van der Waals surface area contributed by atoms with Crippen molar-refractivity contribution in [1.82, 2.24) is 15.0 Å².